The third-order valence-corrected chi connectivity index (χ3v) is 3.86. The minimum Gasteiger partial charge on any atom is -0.493 e. The standard InChI is InChI=1S/C18H15NO7/c1-23-15-9-14-16(18(25-3)17(15)24-2)12(20)8-13(26-14)10-5-4-6-11(7-10)19(21)22/h4-9H,1-3H3. The smallest absolute Gasteiger partial charge is 0.270 e. The van der Waals surface area contributed by atoms with Gasteiger partial charge in [-0.05, 0) is 0 Å². The maximum absolute atomic E-state index is 12.7. The van der Waals surface area contributed by atoms with Crippen LogP contribution >= 0.6 is 0 Å². The average Bonchev–Trinajstić information content (AvgIpc) is 2.66. The van der Waals surface area contributed by atoms with Crippen molar-refractivity contribution in [1.29, 1.82) is 0 Å². The van der Waals surface area contributed by atoms with Crippen LogP contribution in [0.25, 0.3) is 22.3 Å². The molecular weight excluding hydrogens is 342 g/mol. The van der Waals surface area contributed by atoms with E-state index in [1.807, 2.05) is 0 Å². The van der Waals surface area contributed by atoms with Gasteiger partial charge in [0, 0.05) is 29.8 Å². The summed E-state index contributed by atoms with van der Waals surface area (Å²) in [6, 6.07) is 8.61. The summed E-state index contributed by atoms with van der Waals surface area (Å²) in [7, 11) is 4.29. The highest BCUT2D eigenvalue weighted by atomic mass is 16.6. The number of benzene rings is 2. The summed E-state index contributed by atoms with van der Waals surface area (Å²) in [5.74, 6) is 0.996. The first kappa shape index (κ1) is 17.3. The lowest BCUT2D eigenvalue weighted by atomic mass is 10.1. The Morgan fingerprint density at radius 1 is 1.00 bits per heavy atom. The molecule has 1 aromatic heterocycles. The molecule has 3 rings (SSSR count). The topological polar surface area (TPSA) is 101 Å². The molecule has 8 nitrogen and oxygen atoms in total. The van der Waals surface area contributed by atoms with Crippen LogP contribution in [0.4, 0.5) is 5.69 Å². The summed E-state index contributed by atoms with van der Waals surface area (Å²) < 4.78 is 21.7. The molecule has 0 N–H and O–H groups in total. The molecule has 26 heavy (non-hydrogen) atoms. The van der Waals surface area contributed by atoms with Gasteiger partial charge in [0.25, 0.3) is 5.69 Å². The lowest BCUT2D eigenvalue weighted by Crippen LogP contribution is -2.05. The van der Waals surface area contributed by atoms with Gasteiger partial charge in [0.2, 0.25) is 5.75 Å². The largest absolute Gasteiger partial charge is 0.493 e. The van der Waals surface area contributed by atoms with Crippen LogP contribution < -0.4 is 19.6 Å². The monoisotopic (exact) mass is 357 g/mol. The van der Waals surface area contributed by atoms with Crippen molar-refractivity contribution in [3.8, 4) is 28.6 Å². The van der Waals surface area contributed by atoms with Crippen LogP contribution in [-0.2, 0) is 0 Å². The molecule has 0 aliphatic heterocycles. The molecule has 0 atom stereocenters. The van der Waals surface area contributed by atoms with Gasteiger partial charge >= 0.3 is 0 Å². The number of nitro groups is 1. The normalized spacial score (nSPS) is 10.6. The van der Waals surface area contributed by atoms with E-state index in [0.29, 0.717) is 11.3 Å². The van der Waals surface area contributed by atoms with Crippen molar-refractivity contribution in [2.45, 2.75) is 0 Å². The number of rotatable bonds is 5. The Kier molecular flexibility index (Phi) is 4.49. The highest BCUT2D eigenvalue weighted by Gasteiger charge is 2.21. The summed E-state index contributed by atoms with van der Waals surface area (Å²) in [6.45, 7) is 0. The first-order valence-electron chi connectivity index (χ1n) is 7.51. The minimum atomic E-state index is -0.514. The van der Waals surface area contributed by atoms with Gasteiger partial charge in [-0.1, -0.05) is 12.1 Å². The Bertz CT molecular complexity index is 1060. The van der Waals surface area contributed by atoms with Crippen LogP contribution in [0.3, 0.4) is 0 Å². The molecule has 0 fully saturated rings. The number of hydrogen-bond acceptors (Lipinski definition) is 7. The number of ether oxygens (including phenoxy) is 3. The zero-order valence-corrected chi connectivity index (χ0v) is 14.3. The highest BCUT2D eigenvalue weighted by molar-refractivity contribution is 5.90. The SMILES string of the molecule is COc1cc2oc(-c3cccc([N+](=O)[O-])c3)cc(=O)c2c(OC)c1OC. The van der Waals surface area contributed by atoms with Crippen LogP contribution in [0.1, 0.15) is 0 Å². The van der Waals surface area contributed by atoms with E-state index < -0.39 is 4.92 Å². The van der Waals surface area contributed by atoms with Crippen molar-refractivity contribution < 1.29 is 23.6 Å². The second kappa shape index (κ2) is 6.75. The van der Waals surface area contributed by atoms with Crippen LogP contribution in [-0.4, -0.2) is 26.3 Å². The molecule has 0 spiro atoms. The number of methoxy groups -OCH3 is 3. The zero-order chi connectivity index (χ0) is 18.8. The summed E-state index contributed by atoms with van der Waals surface area (Å²) in [5.41, 5.74) is 0.154. The number of fused-ring (bicyclic) bond motifs is 1. The van der Waals surface area contributed by atoms with Crippen molar-refractivity contribution in [2.24, 2.45) is 0 Å². The predicted octanol–water partition coefficient (Wildman–Crippen LogP) is 3.39. The van der Waals surface area contributed by atoms with Crippen molar-refractivity contribution in [3.63, 3.8) is 0 Å². The van der Waals surface area contributed by atoms with Gasteiger partial charge in [0.15, 0.2) is 16.9 Å². The van der Waals surface area contributed by atoms with E-state index in [1.165, 1.54) is 51.7 Å². The van der Waals surface area contributed by atoms with Gasteiger partial charge in [-0.15, -0.1) is 0 Å². The maximum Gasteiger partial charge on any atom is 0.270 e. The lowest BCUT2D eigenvalue weighted by molar-refractivity contribution is -0.384. The van der Waals surface area contributed by atoms with E-state index in [4.69, 9.17) is 18.6 Å². The van der Waals surface area contributed by atoms with Gasteiger partial charge in [0.1, 0.15) is 16.7 Å². The molecule has 0 aliphatic rings. The van der Waals surface area contributed by atoms with Crippen LogP contribution in [0.2, 0.25) is 0 Å². The minimum absolute atomic E-state index is 0.102. The fourth-order valence-corrected chi connectivity index (χ4v) is 2.70. The van der Waals surface area contributed by atoms with E-state index >= 15 is 0 Å². The van der Waals surface area contributed by atoms with Crippen molar-refractivity contribution in [2.75, 3.05) is 21.3 Å². The van der Waals surface area contributed by atoms with Gasteiger partial charge < -0.3 is 18.6 Å². The summed E-state index contributed by atoms with van der Waals surface area (Å²) >= 11 is 0. The van der Waals surface area contributed by atoms with Crippen LogP contribution in [0.15, 0.2) is 45.6 Å². The van der Waals surface area contributed by atoms with E-state index in [1.54, 1.807) is 6.07 Å². The zero-order valence-electron chi connectivity index (χ0n) is 14.3. The molecule has 3 aromatic rings. The first-order valence-corrected chi connectivity index (χ1v) is 7.51. The molecule has 2 aromatic carbocycles. The number of nitrogens with zero attached hydrogens (tertiary/aromatic N) is 1. The molecule has 0 unspecified atom stereocenters. The molecular formula is C18H15NO7. The second-order valence-electron chi connectivity index (χ2n) is 5.30. The lowest BCUT2D eigenvalue weighted by Gasteiger charge is -2.14. The summed E-state index contributed by atoms with van der Waals surface area (Å²) in [6.07, 6.45) is 0. The molecule has 1 heterocycles. The molecule has 0 bridgehead atoms. The summed E-state index contributed by atoms with van der Waals surface area (Å²) in [5, 5.41) is 11.2. The number of hydrogen-bond donors (Lipinski definition) is 0. The summed E-state index contributed by atoms with van der Waals surface area (Å²) in [4.78, 5) is 23.1. The van der Waals surface area contributed by atoms with Crippen molar-refractivity contribution >= 4 is 16.7 Å². The molecule has 8 heteroatoms. The third kappa shape index (κ3) is 2.81. The fraction of sp³-hybridized carbons (Fsp3) is 0.167. The molecule has 0 aliphatic carbocycles. The number of nitro benzene ring substituents is 1. The van der Waals surface area contributed by atoms with Gasteiger partial charge in [-0.3, -0.25) is 14.9 Å². The molecule has 0 radical (unpaired) electrons. The molecule has 0 saturated heterocycles. The Balaban J connectivity index is 2.30. The molecule has 134 valence electrons. The Morgan fingerprint density at radius 3 is 2.35 bits per heavy atom. The fourth-order valence-electron chi connectivity index (χ4n) is 2.70. The predicted molar refractivity (Wildman–Crippen MR) is 94.2 cm³/mol. The molecule has 0 saturated carbocycles. The van der Waals surface area contributed by atoms with E-state index in [9.17, 15) is 14.9 Å². The van der Waals surface area contributed by atoms with Gasteiger partial charge in [-0.2, -0.15) is 0 Å². The maximum atomic E-state index is 12.7. The van der Waals surface area contributed by atoms with Crippen molar-refractivity contribution in [1.82, 2.24) is 0 Å². The highest BCUT2D eigenvalue weighted by Crippen LogP contribution is 2.42. The molecule has 0 amide bonds. The van der Waals surface area contributed by atoms with Gasteiger partial charge in [0.05, 0.1) is 26.3 Å². The average molecular weight is 357 g/mol. The Morgan fingerprint density at radius 2 is 1.73 bits per heavy atom. The van der Waals surface area contributed by atoms with E-state index in [0.717, 1.165) is 0 Å². The van der Waals surface area contributed by atoms with E-state index in [2.05, 4.69) is 0 Å². The Hall–Kier alpha value is -3.55. The van der Waals surface area contributed by atoms with Gasteiger partial charge in [-0.25, -0.2) is 0 Å². The first-order chi connectivity index (χ1) is 12.5. The third-order valence-electron chi connectivity index (χ3n) is 3.86. The van der Waals surface area contributed by atoms with Crippen LogP contribution in [0, 0.1) is 10.1 Å². The quantitative estimate of drug-likeness (QED) is 0.509. The second-order valence-corrected chi connectivity index (χ2v) is 5.30. The number of non-ortho nitro benzene ring substituents is 1. The van der Waals surface area contributed by atoms with E-state index in [-0.39, 0.29) is 39.3 Å². The van der Waals surface area contributed by atoms with Crippen molar-refractivity contribution in [3.05, 3.63) is 56.7 Å². The Labute approximate surface area is 147 Å². The van der Waals surface area contributed by atoms with Crippen LogP contribution in [0.5, 0.6) is 17.2 Å².